The first-order valence-electron chi connectivity index (χ1n) is 8.11. The van der Waals surface area contributed by atoms with Crippen molar-refractivity contribution in [1.29, 1.82) is 0 Å². The molecule has 0 saturated carbocycles. The number of carbonyl (C=O) groups is 2. The SMILES string of the molecule is O=C(O)[C@@H](CCc1ccccc1)NC(=O)[C@H](O)c1ccc(C(F)(F)F)cc1. The molecule has 2 aromatic rings. The number of amides is 1. The van der Waals surface area contributed by atoms with Crippen LogP contribution in [0, 0.1) is 0 Å². The number of rotatable bonds is 7. The molecule has 0 bridgehead atoms. The summed E-state index contributed by atoms with van der Waals surface area (Å²) in [7, 11) is 0. The molecule has 0 saturated heterocycles. The van der Waals surface area contributed by atoms with Gasteiger partial charge in [0, 0.05) is 0 Å². The number of hydrogen-bond donors (Lipinski definition) is 3. The number of carbonyl (C=O) groups excluding carboxylic acids is 1. The van der Waals surface area contributed by atoms with Crippen LogP contribution in [0.15, 0.2) is 54.6 Å². The van der Waals surface area contributed by atoms with Crippen LogP contribution in [-0.2, 0) is 22.2 Å². The van der Waals surface area contributed by atoms with Gasteiger partial charge in [-0.2, -0.15) is 13.2 Å². The molecule has 0 aliphatic rings. The number of carboxylic acids is 1. The number of aliphatic carboxylic acids is 1. The Balaban J connectivity index is 2.00. The van der Waals surface area contributed by atoms with Crippen LogP contribution >= 0.6 is 0 Å². The van der Waals surface area contributed by atoms with Gasteiger partial charge >= 0.3 is 12.1 Å². The Morgan fingerprint density at radius 2 is 1.59 bits per heavy atom. The van der Waals surface area contributed by atoms with E-state index in [9.17, 15) is 33.0 Å². The second kappa shape index (κ2) is 8.68. The largest absolute Gasteiger partial charge is 0.480 e. The Bertz CT molecular complexity index is 776. The Kier molecular flexibility index (Phi) is 6.57. The molecular formula is C19H18F3NO4. The van der Waals surface area contributed by atoms with Crippen LogP contribution in [0.4, 0.5) is 13.2 Å². The van der Waals surface area contributed by atoms with Crippen LogP contribution in [0.2, 0.25) is 0 Å². The first-order chi connectivity index (χ1) is 12.7. The van der Waals surface area contributed by atoms with Crippen molar-refractivity contribution in [2.45, 2.75) is 31.2 Å². The molecule has 3 N–H and O–H groups in total. The predicted octanol–water partition coefficient (Wildman–Crippen LogP) is 2.94. The van der Waals surface area contributed by atoms with Gasteiger partial charge in [-0.25, -0.2) is 4.79 Å². The number of halogens is 3. The standard InChI is InChI=1S/C19H18F3NO4/c20-19(21,22)14-9-7-13(8-10-14)16(24)17(25)23-15(18(26)27)11-6-12-4-2-1-3-5-12/h1-5,7-10,15-16,24H,6,11H2,(H,23,25)(H,26,27)/t15-,16-/m1/s1. The number of aliphatic hydroxyl groups is 1. The highest BCUT2D eigenvalue weighted by Crippen LogP contribution is 2.30. The van der Waals surface area contributed by atoms with Gasteiger partial charge in [0.2, 0.25) is 0 Å². The van der Waals surface area contributed by atoms with Crippen LogP contribution in [0.25, 0.3) is 0 Å². The average Bonchev–Trinajstić information content (AvgIpc) is 2.64. The molecule has 27 heavy (non-hydrogen) atoms. The summed E-state index contributed by atoms with van der Waals surface area (Å²) in [5.41, 5.74) is -0.0842. The first kappa shape index (κ1) is 20.4. The number of alkyl halides is 3. The molecule has 2 aromatic carbocycles. The van der Waals surface area contributed by atoms with Gasteiger partial charge in [-0.1, -0.05) is 42.5 Å². The fourth-order valence-corrected chi connectivity index (χ4v) is 2.47. The molecule has 0 aromatic heterocycles. The molecule has 0 fully saturated rings. The molecule has 0 radical (unpaired) electrons. The first-order valence-corrected chi connectivity index (χ1v) is 8.11. The van der Waals surface area contributed by atoms with Gasteiger partial charge in [-0.15, -0.1) is 0 Å². The lowest BCUT2D eigenvalue weighted by molar-refractivity contribution is -0.143. The van der Waals surface area contributed by atoms with Gasteiger partial charge in [0.1, 0.15) is 6.04 Å². The number of hydrogen-bond acceptors (Lipinski definition) is 3. The third-order valence-corrected chi connectivity index (χ3v) is 3.98. The quantitative estimate of drug-likeness (QED) is 0.688. The molecular weight excluding hydrogens is 363 g/mol. The Morgan fingerprint density at radius 3 is 2.11 bits per heavy atom. The summed E-state index contributed by atoms with van der Waals surface area (Å²) in [6.45, 7) is 0. The van der Waals surface area contributed by atoms with Crippen LogP contribution < -0.4 is 5.32 Å². The summed E-state index contributed by atoms with van der Waals surface area (Å²) in [5, 5.41) is 21.5. The van der Waals surface area contributed by atoms with Crippen LogP contribution in [0.3, 0.4) is 0 Å². The molecule has 1 amide bonds. The molecule has 0 aliphatic heterocycles. The van der Waals surface area contributed by atoms with Gasteiger partial charge in [-0.3, -0.25) is 4.79 Å². The lowest BCUT2D eigenvalue weighted by Crippen LogP contribution is -2.43. The Hall–Kier alpha value is -2.87. The second-order valence-electron chi connectivity index (χ2n) is 5.95. The Morgan fingerprint density at radius 1 is 1.00 bits per heavy atom. The summed E-state index contributed by atoms with van der Waals surface area (Å²) in [6.07, 6.45) is -5.80. The summed E-state index contributed by atoms with van der Waals surface area (Å²) < 4.78 is 37.7. The smallest absolute Gasteiger partial charge is 0.416 e. The van der Waals surface area contributed by atoms with E-state index in [1.807, 2.05) is 18.2 Å². The summed E-state index contributed by atoms with van der Waals surface area (Å²) in [4.78, 5) is 23.5. The van der Waals surface area contributed by atoms with Crippen LogP contribution in [0.5, 0.6) is 0 Å². The lowest BCUT2D eigenvalue weighted by Gasteiger charge is -2.18. The highest BCUT2D eigenvalue weighted by Gasteiger charge is 2.31. The molecule has 2 atom stereocenters. The summed E-state index contributed by atoms with van der Waals surface area (Å²) >= 11 is 0. The number of carboxylic acid groups (broad SMARTS) is 1. The van der Waals surface area contributed by atoms with E-state index in [-0.39, 0.29) is 12.0 Å². The monoisotopic (exact) mass is 381 g/mol. The number of nitrogens with one attached hydrogen (secondary N) is 1. The lowest BCUT2D eigenvalue weighted by atomic mass is 10.0. The van der Waals surface area contributed by atoms with E-state index >= 15 is 0 Å². The van der Waals surface area contributed by atoms with Crippen molar-refractivity contribution >= 4 is 11.9 Å². The van der Waals surface area contributed by atoms with Gasteiger partial charge in [-0.05, 0) is 36.1 Å². The summed E-state index contributed by atoms with van der Waals surface area (Å²) in [6, 6.07) is 11.3. The van der Waals surface area contributed by atoms with Crippen LogP contribution in [0.1, 0.15) is 29.2 Å². The third kappa shape index (κ3) is 5.82. The van der Waals surface area contributed by atoms with E-state index < -0.39 is 35.8 Å². The fraction of sp³-hybridized carbons (Fsp3) is 0.263. The van der Waals surface area contributed by atoms with Crippen LogP contribution in [-0.4, -0.2) is 28.1 Å². The predicted molar refractivity (Wildman–Crippen MR) is 90.7 cm³/mol. The zero-order valence-corrected chi connectivity index (χ0v) is 14.1. The minimum atomic E-state index is -4.53. The zero-order valence-electron chi connectivity index (χ0n) is 14.1. The molecule has 144 valence electrons. The van der Waals surface area contributed by atoms with Crippen molar-refractivity contribution in [3.63, 3.8) is 0 Å². The molecule has 2 rings (SSSR count). The zero-order chi connectivity index (χ0) is 20.0. The minimum absolute atomic E-state index is 0.0623. The summed E-state index contributed by atoms with van der Waals surface area (Å²) in [5.74, 6) is -2.26. The molecule has 8 heteroatoms. The highest BCUT2D eigenvalue weighted by molar-refractivity contribution is 5.86. The maximum Gasteiger partial charge on any atom is 0.416 e. The minimum Gasteiger partial charge on any atom is -0.480 e. The molecule has 0 unspecified atom stereocenters. The second-order valence-corrected chi connectivity index (χ2v) is 5.95. The van der Waals surface area contributed by atoms with E-state index in [1.165, 1.54) is 0 Å². The Labute approximate surface area is 153 Å². The van der Waals surface area contributed by atoms with Crippen molar-refractivity contribution in [1.82, 2.24) is 5.32 Å². The average molecular weight is 381 g/mol. The van der Waals surface area contributed by atoms with Crippen molar-refractivity contribution in [2.24, 2.45) is 0 Å². The molecule has 0 heterocycles. The molecule has 5 nitrogen and oxygen atoms in total. The van der Waals surface area contributed by atoms with E-state index in [0.717, 1.165) is 29.8 Å². The van der Waals surface area contributed by atoms with Gasteiger partial charge < -0.3 is 15.5 Å². The maximum atomic E-state index is 12.6. The number of aliphatic hydroxyl groups excluding tert-OH is 1. The van der Waals surface area contributed by atoms with Gasteiger partial charge in [0.05, 0.1) is 5.56 Å². The number of benzene rings is 2. The van der Waals surface area contributed by atoms with Gasteiger partial charge in [0.15, 0.2) is 6.10 Å². The van der Waals surface area contributed by atoms with Crippen molar-refractivity contribution < 1.29 is 33.0 Å². The van der Waals surface area contributed by atoms with Crippen molar-refractivity contribution in [3.8, 4) is 0 Å². The van der Waals surface area contributed by atoms with Crippen molar-refractivity contribution in [3.05, 3.63) is 71.3 Å². The fourth-order valence-electron chi connectivity index (χ4n) is 2.47. The van der Waals surface area contributed by atoms with E-state index in [0.29, 0.717) is 6.42 Å². The number of aryl methyl sites for hydroxylation is 1. The van der Waals surface area contributed by atoms with Crippen molar-refractivity contribution in [2.75, 3.05) is 0 Å². The van der Waals surface area contributed by atoms with E-state index in [4.69, 9.17) is 0 Å². The third-order valence-electron chi connectivity index (χ3n) is 3.98. The highest BCUT2D eigenvalue weighted by atomic mass is 19.4. The van der Waals surface area contributed by atoms with Gasteiger partial charge in [0.25, 0.3) is 5.91 Å². The van der Waals surface area contributed by atoms with E-state index in [1.54, 1.807) is 12.1 Å². The maximum absolute atomic E-state index is 12.6. The normalized spacial score (nSPS) is 13.6. The van der Waals surface area contributed by atoms with E-state index in [2.05, 4.69) is 5.32 Å². The topological polar surface area (TPSA) is 86.6 Å². The molecule has 0 spiro atoms. The molecule has 0 aliphatic carbocycles.